The summed E-state index contributed by atoms with van der Waals surface area (Å²) >= 11 is 6.12. The standard InChI is InChI=1S/C28H27ClN4O5/c1-36-28(35)21-4-2-19(3-5-21)18-37-26(20-6-9-23(29)10-7-20)17-32-12-14-33(15-13-32)27(34)22-8-11-24-25(16-22)31-38-30-24/h2-11,16,26H,12-15,17-18H2,1H3/t26-/m0/s1. The average molecular weight is 535 g/mol. The van der Waals surface area contributed by atoms with E-state index in [0.717, 1.165) is 24.2 Å². The molecule has 1 aromatic heterocycles. The van der Waals surface area contributed by atoms with Gasteiger partial charge in [-0.3, -0.25) is 9.69 Å². The number of nitrogens with zero attached hydrogens (tertiary/aromatic N) is 4. The normalized spacial score (nSPS) is 14.9. The Balaban J connectivity index is 1.21. The van der Waals surface area contributed by atoms with Crippen LogP contribution in [0.25, 0.3) is 11.0 Å². The van der Waals surface area contributed by atoms with Crippen LogP contribution in [-0.4, -0.2) is 71.8 Å². The van der Waals surface area contributed by atoms with Gasteiger partial charge in [-0.05, 0) is 63.9 Å². The molecule has 5 rings (SSSR count). The lowest BCUT2D eigenvalue weighted by Gasteiger charge is -2.36. The third-order valence-corrected chi connectivity index (χ3v) is 6.90. The Morgan fingerprint density at radius 2 is 1.61 bits per heavy atom. The molecule has 0 saturated carbocycles. The van der Waals surface area contributed by atoms with Gasteiger partial charge in [0, 0.05) is 43.3 Å². The quantitative estimate of drug-likeness (QED) is 0.307. The second-order valence-corrected chi connectivity index (χ2v) is 9.54. The molecule has 38 heavy (non-hydrogen) atoms. The van der Waals surface area contributed by atoms with E-state index in [1.54, 1.807) is 30.3 Å². The lowest BCUT2D eigenvalue weighted by Crippen LogP contribution is -2.49. The molecule has 1 aliphatic heterocycles. The van der Waals surface area contributed by atoms with Gasteiger partial charge in [0.05, 0.1) is 25.4 Å². The van der Waals surface area contributed by atoms with E-state index in [0.29, 0.717) is 53.4 Å². The first-order valence-corrected chi connectivity index (χ1v) is 12.7. The zero-order valence-electron chi connectivity index (χ0n) is 20.9. The first-order chi connectivity index (χ1) is 18.5. The van der Waals surface area contributed by atoms with E-state index in [2.05, 4.69) is 15.2 Å². The van der Waals surface area contributed by atoms with Crippen LogP contribution in [0.2, 0.25) is 5.02 Å². The molecule has 0 unspecified atom stereocenters. The van der Waals surface area contributed by atoms with E-state index in [-0.39, 0.29) is 18.0 Å². The molecular weight excluding hydrogens is 508 g/mol. The van der Waals surface area contributed by atoms with Crippen LogP contribution in [0.5, 0.6) is 0 Å². The molecule has 0 spiro atoms. The fourth-order valence-electron chi connectivity index (χ4n) is 4.45. The van der Waals surface area contributed by atoms with Gasteiger partial charge in [0.2, 0.25) is 0 Å². The third kappa shape index (κ3) is 6.02. The van der Waals surface area contributed by atoms with Gasteiger partial charge in [-0.1, -0.05) is 35.9 Å². The van der Waals surface area contributed by atoms with Crippen molar-refractivity contribution < 1.29 is 23.7 Å². The van der Waals surface area contributed by atoms with E-state index in [1.807, 2.05) is 41.3 Å². The lowest BCUT2D eigenvalue weighted by molar-refractivity contribution is 0.00341. The van der Waals surface area contributed by atoms with Crippen molar-refractivity contribution in [3.05, 3.63) is 94.0 Å². The van der Waals surface area contributed by atoms with Gasteiger partial charge in [-0.15, -0.1) is 0 Å². The molecule has 3 aromatic carbocycles. The Labute approximate surface area is 224 Å². The Morgan fingerprint density at radius 1 is 0.921 bits per heavy atom. The predicted molar refractivity (Wildman–Crippen MR) is 141 cm³/mol. The van der Waals surface area contributed by atoms with Crippen LogP contribution in [-0.2, 0) is 16.1 Å². The van der Waals surface area contributed by atoms with Crippen LogP contribution in [0.15, 0.2) is 71.4 Å². The summed E-state index contributed by atoms with van der Waals surface area (Å²) in [7, 11) is 1.36. The van der Waals surface area contributed by atoms with Gasteiger partial charge < -0.3 is 14.4 Å². The summed E-state index contributed by atoms with van der Waals surface area (Å²) < 4.78 is 15.9. The molecule has 10 heteroatoms. The molecule has 0 aliphatic carbocycles. The summed E-state index contributed by atoms with van der Waals surface area (Å²) in [6.07, 6.45) is -0.197. The number of aromatic nitrogens is 2. The number of halogens is 1. The Kier molecular flexibility index (Phi) is 7.97. The van der Waals surface area contributed by atoms with Crippen molar-refractivity contribution in [2.45, 2.75) is 12.7 Å². The molecule has 1 amide bonds. The number of hydrogen-bond acceptors (Lipinski definition) is 8. The highest BCUT2D eigenvalue weighted by atomic mass is 35.5. The van der Waals surface area contributed by atoms with Crippen molar-refractivity contribution >= 4 is 34.5 Å². The number of carbonyl (C=O) groups excluding carboxylic acids is 2. The number of piperazine rings is 1. The molecule has 0 radical (unpaired) electrons. The number of ether oxygens (including phenoxy) is 2. The van der Waals surface area contributed by atoms with Crippen molar-refractivity contribution in [1.29, 1.82) is 0 Å². The molecule has 1 aliphatic rings. The van der Waals surface area contributed by atoms with Crippen molar-refractivity contribution in [3.63, 3.8) is 0 Å². The first-order valence-electron chi connectivity index (χ1n) is 12.3. The Bertz CT molecular complexity index is 1400. The van der Waals surface area contributed by atoms with Crippen LogP contribution in [0.3, 0.4) is 0 Å². The molecule has 2 heterocycles. The van der Waals surface area contributed by atoms with E-state index in [9.17, 15) is 9.59 Å². The summed E-state index contributed by atoms with van der Waals surface area (Å²) in [5.74, 6) is -0.403. The number of methoxy groups -OCH3 is 1. The number of carbonyl (C=O) groups is 2. The van der Waals surface area contributed by atoms with Crippen LogP contribution in [0, 0.1) is 0 Å². The minimum absolute atomic E-state index is 0.0320. The maximum Gasteiger partial charge on any atom is 0.337 e. The average Bonchev–Trinajstić information content (AvgIpc) is 3.44. The number of amides is 1. The molecule has 196 valence electrons. The number of benzene rings is 3. The smallest absolute Gasteiger partial charge is 0.337 e. The van der Waals surface area contributed by atoms with Crippen LogP contribution in [0.4, 0.5) is 0 Å². The molecule has 1 saturated heterocycles. The largest absolute Gasteiger partial charge is 0.465 e. The summed E-state index contributed by atoms with van der Waals surface area (Å²) in [5.41, 5.74) is 4.23. The number of rotatable bonds is 8. The highest BCUT2D eigenvalue weighted by Crippen LogP contribution is 2.24. The molecule has 4 aromatic rings. The van der Waals surface area contributed by atoms with Gasteiger partial charge in [-0.2, -0.15) is 0 Å². The van der Waals surface area contributed by atoms with Crippen LogP contribution in [0.1, 0.15) is 37.9 Å². The highest BCUT2D eigenvalue weighted by Gasteiger charge is 2.25. The number of esters is 1. The van der Waals surface area contributed by atoms with E-state index in [1.165, 1.54) is 7.11 Å². The van der Waals surface area contributed by atoms with E-state index < -0.39 is 0 Å². The van der Waals surface area contributed by atoms with Gasteiger partial charge in [-0.25, -0.2) is 9.42 Å². The summed E-state index contributed by atoms with van der Waals surface area (Å²) in [4.78, 5) is 28.9. The predicted octanol–water partition coefficient (Wildman–Crippen LogP) is 4.38. The fourth-order valence-corrected chi connectivity index (χ4v) is 4.58. The van der Waals surface area contributed by atoms with Crippen LogP contribution >= 0.6 is 11.6 Å². The minimum Gasteiger partial charge on any atom is -0.465 e. The minimum atomic E-state index is -0.371. The summed E-state index contributed by atoms with van der Waals surface area (Å²) in [5, 5.41) is 8.29. The maximum absolute atomic E-state index is 13.1. The maximum atomic E-state index is 13.1. The van der Waals surface area contributed by atoms with Crippen molar-refractivity contribution in [2.24, 2.45) is 0 Å². The van der Waals surface area contributed by atoms with Gasteiger partial charge in [0.1, 0.15) is 11.0 Å². The fraction of sp³-hybridized carbons (Fsp3) is 0.286. The second-order valence-electron chi connectivity index (χ2n) is 9.10. The lowest BCUT2D eigenvalue weighted by atomic mass is 10.1. The topological polar surface area (TPSA) is 98.0 Å². The van der Waals surface area contributed by atoms with Gasteiger partial charge in [0.15, 0.2) is 0 Å². The highest BCUT2D eigenvalue weighted by molar-refractivity contribution is 6.30. The SMILES string of the molecule is COC(=O)c1ccc(CO[C@@H](CN2CCN(C(=O)c3ccc4nonc4c3)CC2)c2ccc(Cl)cc2)cc1. The number of hydrogen-bond donors (Lipinski definition) is 0. The Morgan fingerprint density at radius 3 is 2.32 bits per heavy atom. The van der Waals surface area contributed by atoms with Gasteiger partial charge >= 0.3 is 5.97 Å². The molecule has 0 bridgehead atoms. The molecular formula is C28H27ClN4O5. The summed E-state index contributed by atoms with van der Waals surface area (Å²) in [6, 6.07) is 20.1. The summed E-state index contributed by atoms with van der Waals surface area (Å²) in [6.45, 7) is 3.71. The zero-order valence-corrected chi connectivity index (χ0v) is 21.6. The monoisotopic (exact) mass is 534 g/mol. The second kappa shape index (κ2) is 11.7. The van der Waals surface area contributed by atoms with Crippen molar-refractivity contribution in [1.82, 2.24) is 20.1 Å². The molecule has 9 nitrogen and oxygen atoms in total. The first kappa shape index (κ1) is 25.8. The zero-order chi connectivity index (χ0) is 26.5. The third-order valence-electron chi connectivity index (χ3n) is 6.65. The van der Waals surface area contributed by atoms with Crippen LogP contribution < -0.4 is 0 Å². The van der Waals surface area contributed by atoms with E-state index >= 15 is 0 Å². The molecule has 0 N–H and O–H groups in total. The Hall–Kier alpha value is -3.79. The molecule has 1 fully saturated rings. The van der Waals surface area contributed by atoms with Crippen molar-refractivity contribution in [2.75, 3.05) is 39.8 Å². The number of fused-ring (bicyclic) bond motifs is 1. The van der Waals surface area contributed by atoms with Gasteiger partial charge in [0.25, 0.3) is 5.91 Å². The molecule has 1 atom stereocenters. The van der Waals surface area contributed by atoms with E-state index in [4.69, 9.17) is 25.7 Å². The van der Waals surface area contributed by atoms with Crippen molar-refractivity contribution in [3.8, 4) is 0 Å².